The first-order valence-corrected chi connectivity index (χ1v) is 9.99. The van der Waals surface area contributed by atoms with E-state index in [-0.39, 0.29) is 11.8 Å². The van der Waals surface area contributed by atoms with Crippen LogP contribution in [0.15, 0.2) is 30.5 Å². The fourth-order valence-electron chi connectivity index (χ4n) is 3.70. The van der Waals surface area contributed by atoms with Crippen molar-refractivity contribution >= 4 is 11.9 Å². The summed E-state index contributed by atoms with van der Waals surface area (Å²) in [7, 11) is 7.16. The van der Waals surface area contributed by atoms with Crippen LogP contribution in [0.5, 0.6) is 5.75 Å². The molecule has 2 aromatic rings. The Balaban J connectivity index is 1.95. The normalized spacial score (nSPS) is 16.6. The number of hydrogen-bond acceptors (Lipinski definition) is 6. The number of methoxy groups -OCH3 is 2. The molecule has 1 saturated heterocycles. The number of piperidine rings is 1. The van der Waals surface area contributed by atoms with Gasteiger partial charge in [-0.25, -0.2) is 9.97 Å². The number of likely N-dealkylation sites (tertiary alicyclic amines) is 1. The molecule has 0 N–H and O–H groups in total. The molecule has 156 valence electrons. The third-order valence-corrected chi connectivity index (χ3v) is 5.27. The Hall–Kier alpha value is -2.67. The van der Waals surface area contributed by atoms with E-state index in [4.69, 9.17) is 14.5 Å². The lowest BCUT2D eigenvalue weighted by atomic mass is 9.89. The highest BCUT2D eigenvalue weighted by Crippen LogP contribution is 2.35. The predicted molar refractivity (Wildman–Crippen MR) is 113 cm³/mol. The van der Waals surface area contributed by atoms with Gasteiger partial charge in [0.15, 0.2) is 0 Å². The molecule has 1 aromatic carbocycles. The first-order chi connectivity index (χ1) is 14.0. The fraction of sp³-hybridized carbons (Fsp3) is 0.500. The summed E-state index contributed by atoms with van der Waals surface area (Å²) >= 11 is 0. The molecule has 1 aliphatic heterocycles. The molecule has 7 heteroatoms. The topological polar surface area (TPSA) is 67.8 Å². The number of amides is 1. The van der Waals surface area contributed by atoms with Crippen molar-refractivity contribution in [1.82, 2.24) is 14.9 Å². The highest BCUT2D eigenvalue weighted by Gasteiger charge is 2.28. The summed E-state index contributed by atoms with van der Waals surface area (Å²) in [6.07, 6.45) is 4.26. The lowest BCUT2D eigenvalue weighted by Gasteiger charge is -2.33. The van der Waals surface area contributed by atoms with Gasteiger partial charge in [0.2, 0.25) is 11.9 Å². The lowest BCUT2D eigenvalue weighted by Crippen LogP contribution is -2.39. The van der Waals surface area contributed by atoms with Crippen LogP contribution in [-0.4, -0.2) is 68.8 Å². The molecule has 29 heavy (non-hydrogen) atoms. The Kier molecular flexibility index (Phi) is 7.04. The molecule has 0 saturated carbocycles. The molecular formula is C22H30N4O3. The number of aromatic nitrogens is 2. The average Bonchev–Trinajstić information content (AvgIpc) is 2.77. The SMILES string of the molecule is COCCC(=O)N1CCC[C@@H](c2nc(N(C)C)ncc2-c2cccc(OC)c2)C1. The molecule has 0 spiro atoms. The number of ether oxygens (including phenoxy) is 2. The number of benzene rings is 1. The van der Waals surface area contributed by atoms with Gasteiger partial charge >= 0.3 is 0 Å². The largest absolute Gasteiger partial charge is 0.497 e. The Bertz CT molecular complexity index is 841. The van der Waals surface area contributed by atoms with Crippen molar-refractivity contribution in [3.63, 3.8) is 0 Å². The Morgan fingerprint density at radius 1 is 1.31 bits per heavy atom. The third-order valence-electron chi connectivity index (χ3n) is 5.27. The van der Waals surface area contributed by atoms with Gasteiger partial charge in [0.25, 0.3) is 0 Å². The van der Waals surface area contributed by atoms with Crippen molar-refractivity contribution in [2.24, 2.45) is 0 Å². The van der Waals surface area contributed by atoms with Gasteiger partial charge in [-0.05, 0) is 30.5 Å². The minimum absolute atomic E-state index is 0.140. The summed E-state index contributed by atoms with van der Waals surface area (Å²) in [4.78, 5) is 25.8. The van der Waals surface area contributed by atoms with Crippen molar-refractivity contribution in [3.8, 4) is 16.9 Å². The number of nitrogens with zero attached hydrogens (tertiary/aromatic N) is 4. The second-order valence-electron chi connectivity index (χ2n) is 7.52. The van der Waals surface area contributed by atoms with Crippen molar-refractivity contribution in [1.29, 1.82) is 0 Å². The molecule has 0 radical (unpaired) electrons. The molecule has 0 bridgehead atoms. The van der Waals surface area contributed by atoms with E-state index in [9.17, 15) is 4.79 Å². The molecule has 7 nitrogen and oxygen atoms in total. The van der Waals surface area contributed by atoms with Gasteiger partial charge in [0, 0.05) is 52.0 Å². The van der Waals surface area contributed by atoms with Crippen molar-refractivity contribution < 1.29 is 14.3 Å². The first-order valence-electron chi connectivity index (χ1n) is 9.99. The van der Waals surface area contributed by atoms with Crippen molar-refractivity contribution in [2.45, 2.75) is 25.2 Å². The van der Waals surface area contributed by atoms with Crippen LogP contribution in [0, 0.1) is 0 Å². The second kappa shape index (κ2) is 9.69. The van der Waals surface area contributed by atoms with Gasteiger partial charge < -0.3 is 19.3 Å². The van der Waals surface area contributed by atoms with Gasteiger partial charge in [-0.15, -0.1) is 0 Å². The summed E-state index contributed by atoms with van der Waals surface area (Å²) in [5.41, 5.74) is 3.00. The van der Waals surface area contributed by atoms with Gasteiger partial charge in [-0.3, -0.25) is 4.79 Å². The van der Waals surface area contributed by atoms with Crippen LogP contribution in [0.2, 0.25) is 0 Å². The fourth-order valence-corrected chi connectivity index (χ4v) is 3.70. The molecule has 0 unspecified atom stereocenters. The van der Waals surface area contributed by atoms with E-state index in [1.54, 1.807) is 14.2 Å². The molecule has 1 atom stereocenters. The molecule has 1 fully saturated rings. The molecule has 0 aliphatic carbocycles. The zero-order valence-corrected chi connectivity index (χ0v) is 17.7. The van der Waals surface area contributed by atoms with Crippen LogP contribution < -0.4 is 9.64 Å². The van der Waals surface area contributed by atoms with E-state index < -0.39 is 0 Å². The van der Waals surface area contributed by atoms with Gasteiger partial charge in [-0.2, -0.15) is 0 Å². The van der Waals surface area contributed by atoms with E-state index in [2.05, 4.69) is 4.98 Å². The smallest absolute Gasteiger partial charge is 0.225 e. The highest BCUT2D eigenvalue weighted by atomic mass is 16.5. The quantitative estimate of drug-likeness (QED) is 0.714. The van der Waals surface area contributed by atoms with Crippen molar-refractivity contribution in [3.05, 3.63) is 36.2 Å². The third kappa shape index (κ3) is 5.03. The van der Waals surface area contributed by atoms with Crippen LogP contribution >= 0.6 is 0 Å². The maximum absolute atomic E-state index is 12.5. The second-order valence-corrected chi connectivity index (χ2v) is 7.52. The standard InChI is InChI=1S/C22H30N4O3/c1-25(2)22-23-14-19(16-7-5-9-18(13-16)29-4)21(24-22)17-8-6-11-26(15-17)20(27)10-12-28-3/h5,7,9,13-14,17H,6,8,10-12,15H2,1-4H3/t17-/m1/s1. The van der Waals surface area contributed by atoms with Gasteiger partial charge in [0.05, 0.1) is 25.8 Å². The zero-order valence-electron chi connectivity index (χ0n) is 17.7. The van der Waals surface area contributed by atoms with Crippen LogP contribution in [0.4, 0.5) is 5.95 Å². The molecule has 1 aromatic heterocycles. The predicted octanol–water partition coefficient (Wildman–Crippen LogP) is 2.96. The Labute approximate surface area is 172 Å². The van der Waals surface area contributed by atoms with E-state index in [1.165, 1.54) is 0 Å². The van der Waals surface area contributed by atoms with E-state index in [1.807, 2.05) is 54.4 Å². The summed E-state index contributed by atoms with van der Waals surface area (Å²) in [6, 6.07) is 7.94. The van der Waals surface area contributed by atoms with Crippen LogP contribution in [0.3, 0.4) is 0 Å². The zero-order chi connectivity index (χ0) is 20.8. The number of hydrogen-bond donors (Lipinski definition) is 0. The van der Waals surface area contributed by atoms with E-state index >= 15 is 0 Å². The summed E-state index contributed by atoms with van der Waals surface area (Å²) in [5, 5.41) is 0. The van der Waals surface area contributed by atoms with Gasteiger partial charge in [0.1, 0.15) is 5.75 Å². The molecule has 1 amide bonds. The highest BCUT2D eigenvalue weighted by molar-refractivity contribution is 5.76. The summed E-state index contributed by atoms with van der Waals surface area (Å²) in [5.74, 6) is 1.78. The van der Waals surface area contributed by atoms with Crippen LogP contribution in [0.25, 0.3) is 11.1 Å². The monoisotopic (exact) mass is 398 g/mol. The number of anilines is 1. The minimum atomic E-state index is 0.140. The van der Waals surface area contributed by atoms with E-state index in [0.717, 1.165) is 42.0 Å². The summed E-state index contributed by atoms with van der Waals surface area (Å²) in [6.45, 7) is 1.91. The molecule has 1 aliphatic rings. The minimum Gasteiger partial charge on any atom is -0.497 e. The molecule has 3 rings (SSSR count). The van der Waals surface area contributed by atoms with Crippen LogP contribution in [-0.2, 0) is 9.53 Å². The number of carbonyl (C=O) groups is 1. The average molecular weight is 399 g/mol. The maximum atomic E-state index is 12.5. The number of rotatable bonds is 7. The molecular weight excluding hydrogens is 368 g/mol. The Morgan fingerprint density at radius 3 is 2.86 bits per heavy atom. The number of carbonyl (C=O) groups excluding carboxylic acids is 1. The molecule has 2 heterocycles. The lowest BCUT2D eigenvalue weighted by molar-refractivity contribution is -0.133. The maximum Gasteiger partial charge on any atom is 0.225 e. The van der Waals surface area contributed by atoms with Crippen molar-refractivity contribution in [2.75, 3.05) is 52.9 Å². The van der Waals surface area contributed by atoms with Crippen LogP contribution in [0.1, 0.15) is 30.9 Å². The van der Waals surface area contributed by atoms with Gasteiger partial charge in [-0.1, -0.05) is 12.1 Å². The first kappa shape index (κ1) is 21.0. The summed E-state index contributed by atoms with van der Waals surface area (Å²) < 4.78 is 10.5. The van der Waals surface area contributed by atoms with E-state index in [0.29, 0.717) is 25.5 Å². The Morgan fingerprint density at radius 2 is 2.14 bits per heavy atom.